The molecule has 0 saturated heterocycles. The van der Waals surface area contributed by atoms with E-state index in [0.717, 1.165) is 12.8 Å². The van der Waals surface area contributed by atoms with Crippen LogP contribution in [-0.4, -0.2) is 43.4 Å². The van der Waals surface area contributed by atoms with Crippen molar-refractivity contribution in [3.63, 3.8) is 0 Å². The maximum atomic E-state index is 11.3. The summed E-state index contributed by atoms with van der Waals surface area (Å²) >= 11 is 0. The Morgan fingerprint density at radius 2 is 2.27 bits per heavy atom. The number of amides is 1. The molecule has 1 amide bonds. The van der Waals surface area contributed by atoms with Crippen molar-refractivity contribution in [1.29, 1.82) is 0 Å². The highest BCUT2D eigenvalue weighted by Crippen LogP contribution is 1.97. The highest BCUT2D eigenvalue weighted by molar-refractivity contribution is 5.76. The number of aliphatic hydroxyl groups is 1. The molecule has 0 aliphatic heterocycles. The third-order valence-corrected chi connectivity index (χ3v) is 2.00. The van der Waals surface area contributed by atoms with Crippen LogP contribution in [0.2, 0.25) is 0 Å². The molecule has 0 spiro atoms. The van der Waals surface area contributed by atoms with Crippen LogP contribution in [0.4, 0.5) is 0 Å². The number of rotatable bonds is 8. The lowest BCUT2D eigenvalue weighted by molar-refractivity contribution is -0.122. The molecule has 2 unspecified atom stereocenters. The normalized spacial score (nSPS) is 14.7. The van der Waals surface area contributed by atoms with Crippen molar-refractivity contribution in [2.75, 3.05) is 20.3 Å². The van der Waals surface area contributed by atoms with Crippen molar-refractivity contribution in [2.24, 2.45) is 5.73 Å². The highest BCUT2D eigenvalue weighted by Gasteiger charge is 2.10. The first-order valence-corrected chi connectivity index (χ1v) is 5.29. The van der Waals surface area contributed by atoms with Crippen LogP contribution in [0.5, 0.6) is 0 Å². The van der Waals surface area contributed by atoms with Crippen LogP contribution in [0.3, 0.4) is 0 Å². The predicted molar refractivity (Wildman–Crippen MR) is 58.4 cm³/mol. The number of ether oxygens (including phenoxy) is 1. The van der Waals surface area contributed by atoms with Crippen molar-refractivity contribution in [2.45, 2.75) is 38.3 Å². The summed E-state index contributed by atoms with van der Waals surface area (Å²) in [6.45, 7) is 2.47. The first-order valence-electron chi connectivity index (χ1n) is 5.29. The van der Waals surface area contributed by atoms with Gasteiger partial charge >= 0.3 is 0 Å². The van der Waals surface area contributed by atoms with Gasteiger partial charge in [-0.15, -0.1) is 0 Å². The average Bonchev–Trinajstić information content (AvgIpc) is 2.15. The van der Waals surface area contributed by atoms with E-state index >= 15 is 0 Å². The van der Waals surface area contributed by atoms with E-state index in [1.165, 1.54) is 7.11 Å². The summed E-state index contributed by atoms with van der Waals surface area (Å²) < 4.78 is 4.73. The molecule has 0 rings (SSSR count). The van der Waals surface area contributed by atoms with Gasteiger partial charge in [-0.05, 0) is 6.42 Å². The van der Waals surface area contributed by atoms with Crippen LogP contribution in [0.25, 0.3) is 0 Å². The molecular formula is C10H22N2O3. The molecule has 0 aliphatic rings. The fourth-order valence-corrected chi connectivity index (χ4v) is 1.27. The molecular weight excluding hydrogens is 196 g/mol. The van der Waals surface area contributed by atoms with Crippen LogP contribution in [-0.2, 0) is 9.53 Å². The third kappa shape index (κ3) is 8.35. The Hall–Kier alpha value is -0.650. The summed E-state index contributed by atoms with van der Waals surface area (Å²) in [5, 5.41) is 11.9. The molecule has 15 heavy (non-hydrogen) atoms. The van der Waals surface area contributed by atoms with E-state index in [1.807, 2.05) is 6.92 Å². The van der Waals surface area contributed by atoms with Gasteiger partial charge in [-0.3, -0.25) is 4.79 Å². The van der Waals surface area contributed by atoms with Gasteiger partial charge in [0.2, 0.25) is 5.91 Å². The molecule has 5 nitrogen and oxygen atoms in total. The van der Waals surface area contributed by atoms with Crippen molar-refractivity contribution in [1.82, 2.24) is 5.32 Å². The quantitative estimate of drug-likeness (QED) is 0.519. The Kier molecular flexibility index (Phi) is 8.27. The lowest BCUT2D eigenvalue weighted by atomic mass is 10.1. The molecule has 90 valence electrons. The lowest BCUT2D eigenvalue weighted by Gasteiger charge is -2.13. The van der Waals surface area contributed by atoms with Gasteiger partial charge in [0, 0.05) is 26.1 Å². The van der Waals surface area contributed by atoms with Crippen molar-refractivity contribution < 1.29 is 14.6 Å². The molecule has 0 aliphatic carbocycles. The van der Waals surface area contributed by atoms with E-state index in [-0.39, 0.29) is 25.1 Å². The van der Waals surface area contributed by atoms with Crippen LogP contribution in [0.15, 0.2) is 0 Å². The zero-order chi connectivity index (χ0) is 11.7. The fraction of sp³-hybridized carbons (Fsp3) is 0.900. The molecule has 0 heterocycles. The average molecular weight is 218 g/mol. The molecule has 0 fully saturated rings. The standard InChI is InChI=1S/C10H22N2O3/c1-3-4-8(11)5-10(14)12-6-9(13)7-15-2/h8-9,13H,3-7,11H2,1-2H3,(H,12,14). The second-order valence-electron chi connectivity index (χ2n) is 3.67. The zero-order valence-corrected chi connectivity index (χ0v) is 9.53. The molecule has 0 aromatic heterocycles. The molecule has 0 aromatic rings. The number of methoxy groups -OCH3 is 1. The van der Waals surface area contributed by atoms with Gasteiger partial charge in [-0.2, -0.15) is 0 Å². The largest absolute Gasteiger partial charge is 0.389 e. The topological polar surface area (TPSA) is 84.6 Å². The SMILES string of the molecule is CCCC(N)CC(=O)NCC(O)COC. The molecule has 4 N–H and O–H groups in total. The molecule has 0 saturated carbocycles. The van der Waals surface area contributed by atoms with Crippen LogP contribution >= 0.6 is 0 Å². The van der Waals surface area contributed by atoms with Crippen LogP contribution < -0.4 is 11.1 Å². The van der Waals surface area contributed by atoms with Gasteiger partial charge in [-0.1, -0.05) is 13.3 Å². The second-order valence-corrected chi connectivity index (χ2v) is 3.67. The monoisotopic (exact) mass is 218 g/mol. The summed E-state index contributed by atoms with van der Waals surface area (Å²) in [4.78, 5) is 11.3. The number of hydrogen-bond donors (Lipinski definition) is 3. The summed E-state index contributed by atoms with van der Waals surface area (Å²) in [6.07, 6.45) is 1.48. The predicted octanol–water partition coefficient (Wildman–Crippen LogP) is -0.373. The van der Waals surface area contributed by atoms with Crippen molar-refractivity contribution in [3.8, 4) is 0 Å². The summed E-state index contributed by atoms with van der Waals surface area (Å²) in [7, 11) is 1.50. The van der Waals surface area contributed by atoms with Crippen LogP contribution in [0.1, 0.15) is 26.2 Å². The van der Waals surface area contributed by atoms with E-state index in [1.54, 1.807) is 0 Å². The summed E-state index contributed by atoms with van der Waals surface area (Å²) in [5.41, 5.74) is 5.70. The van der Waals surface area contributed by atoms with E-state index in [9.17, 15) is 9.90 Å². The Bertz CT molecular complexity index is 176. The number of nitrogens with two attached hydrogens (primary N) is 1. The molecule has 0 aromatic carbocycles. The number of nitrogens with one attached hydrogen (secondary N) is 1. The lowest BCUT2D eigenvalue weighted by Crippen LogP contribution is -2.37. The minimum Gasteiger partial charge on any atom is -0.389 e. The number of aliphatic hydroxyl groups excluding tert-OH is 1. The molecule has 2 atom stereocenters. The van der Waals surface area contributed by atoms with E-state index in [4.69, 9.17) is 10.5 Å². The smallest absolute Gasteiger partial charge is 0.221 e. The second kappa shape index (κ2) is 8.64. The Balaban J connectivity index is 3.56. The van der Waals surface area contributed by atoms with Gasteiger partial charge in [0.15, 0.2) is 0 Å². The maximum absolute atomic E-state index is 11.3. The Morgan fingerprint density at radius 1 is 1.60 bits per heavy atom. The zero-order valence-electron chi connectivity index (χ0n) is 9.53. The highest BCUT2D eigenvalue weighted by atomic mass is 16.5. The van der Waals surface area contributed by atoms with E-state index in [2.05, 4.69) is 5.32 Å². The summed E-state index contributed by atoms with van der Waals surface area (Å²) in [5.74, 6) is -0.119. The first kappa shape index (κ1) is 14.3. The molecule has 0 bridgehead atoms. The Labute approximate surface area is 91.0 Å². The minimum absolute atomic E-state index is 0.0884. The summed E-state index contributed by atoms with van der Waals surface area (Å²) in [6, 6.07) is -0.0884. The Morgan fingerprint density at radius 3 is 2.80 bits per heavy atom. The van der Waals surface area contributed by atoms with Gasteiger partial charge in [0.1, 0.15) is 0 Å². The number of carbonyl (C=O) groups is 1. The molecule has 0 radical (unpaired) electrons. The van der Waals surface area contributed by atoms with E-state index in [0.29, 0.717) is 6.42 Å². The van der Waals surface area contributed by atoms with Crippen molar-refractivity contribution >= 4 is 5.91 Å². The van der Waals surface area contributed by atoms with Crippen molar-refractivity contribution in [3.05, 3.63) is 0 Å². The minimum atomic E-state index is -0.652. The van der Waals surface area contributed by atoms with Gasteiger partial charge in [0.25, 0.3) is 0 Å². The number of hydrogen-bond acceptors (Lipinski definition) is 4. The van der Waals surface area contributed by atoms with Crippen LogP contribution in [0, 0.1) is 0 Å². The molecule has 5 heteroatoms. The van der Waals surface area contributed by atoms with Gasteiger partial charge in [-0.25, -0.2) is 0 Å². The fourth-order valence-electron chi connectivity index (χ4n) is 1.27. The number of carbonyl (C=O) groups excluding carboxylic acids is 1. The third-order valence-electron chi connectivity index (χ3n) is 2.00. The maximum Gasteiger partial charge on any atom is 0.221 e. The first-order chi connectivity index (χ1) is 7.10. The van der Waals surface area contributed by atoms with Gasteiger partial charge in [0.05, 0.1) is 12.7 Å². The van der Waals surface area contributed by atoms with E-state index < -0.39 is 6.10 Å². The van der Waals surface area contributed by atoms with Gasteiger partial charge < -0.3 is 20.9 Å².